The first kappa shape index (κ1) is 11.4. The van der Waals surface area contributed by atoms with Crippen LogP contribution in [0, 0.1) is 0 Å². The monoisotopic (exact) mass is 204 g/mol. The van der Waals surface area contributed by atoms with Crippen LogP contribution in [0.3, 0.4) is 0 Å². The Balaban J connectivity index is 2.44. The summed E-state index contributed by atoms with van der Waals surface area (Å²) in [6.45, 7) is 1.38. The summed E-state index contributed by atoms with van der Waals surface area (Å²) in [5.41, 5.74) is 0. The molecule has 0 aromatic heterocycles. The molecule has 1 amide bonds. The average Bonchev–Trinajstić information content (AvgIpc) is 2.41. The summed E-state index contributed by atoms with van der Waals surface area (Å²) < 4.78 is 0. The molecular formula is C8H16N2O4. The molecule has 1 saturated heterocycles. The van der Waals surface area contributed by atoms with Crippen LogP contribution in [0.2, 0.25) is 0 Å². The molecule has 0 unspecified atom stereocenters. The van der Waals surface area contributed by atoms with E-state index in [1.165, 1.54) is 6.92 Å². The van der Waals surface area contributed by atoms with Gasteiger partial charge in [-0.3, -0.25) is 4.79 Å². The second-order valence-electron chi connectivity index (χ2n) is 3.48. The maximum absolute atomic E-state index is 10.6. The molecule has 6 nitrogen and oxygen atoms in total. The van der Waals surface area contributed by atoms with Crippen molar-refractivity contribution in [3.05, 3.63) is 0 Å². The molecule has 0 spiro atoms. The first-order valence-corrected chi connectivity index (χ1v) is 4.53. The van der Waals surface area contributed by atoms with Gasteiger partial charge in [-0.05, 0) is 0 Å². The molecule has 0 bridgehead atoms. The number of nitrogens with one attached hydrogen (secondary N) is 2. The van der Waals surface area contributed by atoms with Gasteiger partial charge in [0.25, 0.3) is 0 Å². The van der Waals surface area contributed by atoms with E-state index in [0.29, 0.717) is 0 Å². The van der Waals surface area contributed by atoms with Gasteiger partial charge in [-0.15, -0.1) is 0 Å². The van der Waals surface area contributed by atoms with Gasteiger partial charge in [0.2, 0.25) is 5.91 Å². The number of aliphatic hydroxyl groups excluding tert-OH is 3. The molecule has 0 aromatic rings. The van der Waals surface area contributed by atoms with E-state index >= 15 is 0 Å². The normalized spacial score (nSPS) is 37.1. The first-order chi connectivity index (χ1) is 6.56. The van der Waals surface area contributed by atoms with Gasteiger partial charge in [-0.1, -0.05) is 0 Å². The third kappa shape index (κ3) is 2.42. The van der Waals surface area contributed by atoms with Gasteiger partial charge >= 0.3 is 0 Å². The van der Waals surface area contributed by atoms with Crippen LogP contribution >= 0.6 is 0 Å². The van der Waals surface area contributed by atoms with Crippen molar-refractivity contribution < 1.29 is 20.1 Å². The Morgan fingerprint density at radius 3 is 2.36 bits per heavy atom. The number of hydrogen-bond donors (Lipinski definition) is 5. The van der Waals surface area contributed by atoms with E-state index in [4.69, 9.17) is 5.11 Å². The highest BCUT2D eigenvalue weighted by molar-refractivity contribution is 5.72. The lowest BCUT2D eigenvalue weighted by atomic mass is 10.1. The van der Waals surface area contributed by atoms with E-state index in [-0.39, 0.29) is 19.1 Å². The van der Waals surface area contributed by atoms with Crippen molar-refractivity contribution in [3.8, 4) is 0 Å². The zero-order valence-corrected chi connectivity index (χ0v) is 7.97. The quantitative estimate of drug-likeness (QED) is 0.341. The Morgan fingerprint density at radius 1 is 1.36 bits per heavy atom. The van der Waals surface area contributed by atoms with Crippen molar-refractivity contribution in [1.82, 2.24) is 10.6 Å². The highest BCUT2D eigenvalue weighted by Crippen LogP contribution is 2.13. The molecule has 1 fully saturated rings. The summed E-state index contributed by atoms with van der Waals surface area (Å²) in [4.78, 5) is 10.6. The molecule has 4 atom stereocenters. The van der Waals surface area contributed by atoms with Crippen LogP contribution in [-0.2, 0) is 4.79 Å². The van der Waals surface area contributed by atoms with Gasteiger partial charge in [0.15, 0.2) is 0 Å². The zero-order valence-electron chi connectivity index (χ0n) is 7.97. The van der Waals surface area contributed by atoms with Crippen LogP contribution in [0.5, 0.6) is 0 Å². The minimum Gasteiger partial charge on any atom is -0.395 e. The van der Waals surface area contributed by atoms with E-state index in [9.17, 15) is 15.0 Å². The average molecular weight is 204 g/mol. The Labute approximate surface area is 81.9 Å². The molecule has 0 aliphatic carbocycles. The second kappa shape index (κ2) is 4.70. The topological polar surface area (TPSA) is 102 Å². The number of aliphatic hydroxyl groups is 3. The van der Waals surface area contributed by atoms with Crippen LogP contribution in [-0.4, -0.2) is 58.7 Å². The fraction of sp³-hybridized carbons (Fsp3) is 0.875. The number of hydrogen-bond acceptors (Lipinski definition) is 5. The van der Waals surface area contributed by atoms with Crippen molar-refractivity contribution in [3.63, 3.8) is 0 Å². The van der Waals surface area contributed by atoms with E-state index in [1.54, 1.807) is 0 Å². The summed E-state index contributed by atoms with van der Waals surface area (Å²) in [6.07, 6.45) is -1.95. The first-order valence-electron chi connectivity index (χ1n) is 4.53. The highest BCUT2D eigenvalue weighted by Gasteiger charge is 2.40. The lowest BCUT2D eigenvalue weighted by Crippen LogP contribution is -2.43. The fourth-order valence-corrected chi connectivity index (χ4v) is 1.54. The van der Waals surface area contributed by atoms with Gasteiger partial charge in [0.1, 0.15) is 0 Å². The number of amides is 1. The van der Waals surface area contributed by atoms with Crippen LogP contribution < -0.4 is 10.6 Å². The minimum atomic E-state index is -0.987. The van der Waals surface area contributed by atoms with Gasteiger partial charge < -0.3 is 26.0 Å². The third-order valence-corrected chi connectivity index (χ3v) is 2.37. The van der Waals surface area contributed by atoms with Gasteiger partial charge in [-0.2, -0.15) is 0 Å². The molecule has 6 heteroatoms. The smallest absolute Gasteiger partial charge is 0.216 e. The predicted molar refractivity (Wildman–Crippen MR) is 48.5 cm³/mol. The maximum atomic E-state index is 10.6. The molecule has 1 aliphatic heterocycles. The van der Waals surface area contributed by atoms with Gasteiger partial charge in [0, 0.05) is 13.5 Å². The van der Waals surface area contributed by atoms with Crippen molar-refractivity contribution in [2.24, 2.45) is 0 Å². The molecular weight excluding hydrogens is 188 g/mol. The fourth-order valence-electron chi connectivity index (χ4n) is 1.54. The molecule has 5 N–H and O–H groups in total. The molecule has 0 aromatic carbocycles. The predicted octanol–water partition coefficient (Wildman–Crippen LogP) is -2.82. The SMILES string of the molecule is CC(=O)NC[C@H]1N[C@H](CO)[C@H](O)[C@@H]1O. The van der Waals surface area contributed by atoms with Crippen LogP contribution in [0.4, 0.5) is 0 Å². The summed E-state index contributed by atoms with van der Waals surface area (Å²) >= 11 is 0. The summed E-state index contributed by atoms with van der Waals surface area (Å²) in [5, 5.41) is 33.1. The van der Waals surface area contributed by atoms with E-state index in [1.807, 2.05) is 0 Å². The molecule has 1 aliphatic rings. The summed E-state index contributed by atoms with van der Waals surface area (Å²) in [5.74, 6) is -0.194. The van der Waals surface area contributed by atoms with E-state index in [2.05, 4.69) is 10.6 Å². The lowest BCUT2D eigenvalue weighted by Gasteiger charge is -2.15. The molecule has 0 radical (unpaired) electrons. The van der Waals surface area contributed by atoms with Crippen LogP contribution in [0.1, 0.15) is 6.92 Å². The lowest BCUT2D eigenvalue weighted by molar-refractivity contribution is -0.119. The summed E-state index contributed by atoms with van der Waals surface area (Å²) in [7, 11) is 0. The number of carbonyl (C=O) groups is 1. The Hall–Kier alpha value is -0.690. The zero-order chi connectivity index (χ0) is 10.7. The Kier molecular flexibility index (Phi) is 3.82. The van der Waals surface area contributed by atoms with Crippen LogP contribution in [0.15, 0.2) is 0 Å². The minimum absolute atomic E-state index is 0.194. The molecule has 82 valence electrons. The Morgan fingerprint density at radius 2 is 1.93 bits per heavy atom. The number of rotatable bonds is 3. The summed E-state index contributed by atoms with van der Waals surface area (Å²) in [6, 6.07) is -0.935. The van der Waals surface area contributed by atoms with Gasteiger partial charge in [0.05, 0.1) is 30.9 Å². The van der Waals surface area contributed by atoms with E-state index < -0.39 is 24.3 Å². The standard InChI is InChI=1S/C8H16N2O4/c1-4(12)9-2-5-7(13)8(14)6(3-11)10-5/h5-8,10-11,13-14H,2-3H2,1H3,(H,9,12)/t5-,6-,7-,8+/m1/s1. The largest absolute Gasteiger partial charge is 0.395 e. The van der Waals surface area contributed by atoms with Crippen LogP contribution in [0.25, 0.3) is 0 Å². The van der Waals surface area contributed by atoms with Crippen molar-refractivity contribution in [2.75, 3.05) is 13.2 Å². The number of carbonyl (C=O) groups excluding carboxylic acids is 1. The van der Waals surface area contributed by atoms with Crippen molar-refractivity contribution in [1.29, 1.82) is 0 Å². The molecule has 14 heavy (non-hydrogen) atoms. The highest BCUT2D eigenvalue weighted by atomic mass is 16.3. The van der Waals surface area contributed by atoms with Crippen molar-refractivity contribution in [2.45, 2.75) is 31.2 Å². The Bertz CT molecular complexity index is 212. The van der Waals surface area contributed by atoms with Gasteiger partial charge in [-0.25, -0.2) is 0 Å². The second-order valence-corrected chi connectivity index (χ2v) is 3.48. The molecule has 1 rings (SSSR count). The van der Waals surface area contributed by atoms with Crippen molar-refractivity contribution >= 4 is 5.91 Å². The third-order valence-electron chi connectivity index (χ3n) is 2.37. The van der Waals surface area contributed by atoms with E-state index in [0.717, 1.165) is 0 Å². The molecule has 0 saturated carbocycles. The molecule has 1 heterocycles. The maximum Gasteiger partial charge on any atom is 0.216 e.